The van der Waals surface area contributed by atoms with Crippen LogP contribution < -0.4 is 9.62 Å². The van der Waals surface area contributed by atoms with Gasteiger partial charge in [0.25, 0.3) is 0 Å². The van der Waals surface area contributed by atoms with Crippen LogP contribution in [0.1, 0.15) is 37.4 Å². The Morgan fingerprint density at radius 2 is 1.65 bits per heavy atom. The van der Waals surface area contributed by atoms with Crippen LogP contribution in [0.5, 0.6) is 0 Å². The Labute approximate surface area is 156 Å². The summed E-state index contributed by atoms with van der Waals surface area (Å²) < 4.78 is 25.5. The second-order valence-electron chi connectivity index (χ2n) is 6.23. The van der Waals surface area contributed by atoms with Gasteiger partial charge < -0.3 is 5.32 Å². The van der Waals surface area contributed by atoms with E-state index in [1.54, 1.807) is 12.1 Å². The zero-order valence-corrected chi connectivity index (χ0v) is 16.3. The van der Waals surface area contributed by atoms with Crippen molar-refractivity contribution < 1.29 is 13.2 Å². The Balaban J connectivity index is 2.16. The number of hydrogen-bond donors (Lipinski definition) is 1. The maximum Gasteiger partial charge on any atom is 0.241 e. The summed E-state index contributed by atoms with van der Waals surface area (Å²) in [5.74, 6) is -0.328. The Morgan fingerprint density at radius 3 is 2.15 bits per heavy atom. The van der Waals surface area contributed by atoms with E-state index >= 15 is 0 Å². The monoisotopic (exact) mass is 374 g/mol. The average Bonchev–Trinajstić information content (AvgIpc) is 2.64. The van der Waals surface area contributed by atoms with Crippen LogP contribution >= 0.6 is 0 Å². The van der Waals surface area contributed by atoms with E-state index in [0.717, 1.165) is 34.5 Å². The van der Waals surface area contributed by atoms with Crippen molar-refractivity contribution in [1.82, 2.24) is 5.32 Å². The lowest BCUT2D eigenvalue weighted by molar-refractivity contribution is -0.120. The van der Waals surface area contributed by atoms with Gasteiger partial charge in [-0.1, -0.05) is 56.3 Å². The standard InChI is InChI=1S/C20H26N2O3S/c1-4-16-11-13-18(14-12-16)22(26(3,24)25)15-20(23)21-19(5-2)17-9-7-6-8-10-17/h6-14,19H,4-5,15H2,1-3H3,(H,21,23)/t19-/m1/s1. The fourth-order valence-electron chi connectivity index (χ4n) is 2.77. The number of carbonyl (C=O) groups is 1. The van der Waals surface area contributed by atoms with E-state index in [-0.39, 0.29) is 18.5 Å². The number of nitrogens with one attached hydrogen (secondary N) is 1. The van der Waals surface area contributed by atoms with Crippen LogP contribution in [0.3, 0.4) is 0 Å². The summed E-state index contributed by atoms with van der Waals surface area (Å²) in [4.78, 5) is 12.5. The molecule has 2 rings (SSSR count). The fourth-order valence-corrected chi connectivity index (χ4v) is 3.63. The third kappa shape index (κ3) is 5.33. The van der Waals surface area contributed by atoms with Crippen LogP contribution in [0.25, 0.3) is 0 Å². The minimum absolute atomic E-state index is 0.146. The van der Waals surface area contributed by atoms with E-state index in [2.05, 4.69) is 5.32 Å². The smallest absolute Gasteiger partial charge is 0.241 e. The lowest BCUT2D eigenvalue weighted by atomic mass is 10.0. The van der Waals surface area contributed by atoms with Crippen LogP contribution in [-0.2, 0) is 21.2 Å². The number of carbonyl (C=O) groups excluding carboxylic acids is 1. The second-order valence-corrected chi connectivity index (χ2v) is 8.14. The zero-order valence-electron chi connectivity index (χ0n) is 15.5. The first kappa shape index (κ1) is 20.0. The van der Waals surface area contributed by atoms with Gasteiger partial charge in [0.15, 0.2) is 0 Å². The molecule has 6 heteroatoms. The molecule has 0 aliphatic heterocycles. The molecule has 0 radical (unpaired) electrons. The van der Waals surface area contributed by atoms with Crippen LogP contribution in [0.2, 0.25) is 0 Å². The molecule has 1 amide bonds. The highest BCUT2D eigenvalue weighted by molar-refractivity contribution is 7.92. The van der Waals surface area contributed by atoms with Gasteiger partial charge >= 0.3 is 0 Å². The average molecular weight is 375 g/mol. The number of rotatable bonds is 8. The maximum absolute atomic E-state index is 12.5. The molecule has 1 atom stereocenters. The number of aryl methyl sites for hydroxylation is 1. The highest BCUT2D eigenvalue weighted by Gasteiger charge is 2.22. The molecule has 26 heavy (non-hydrogen) atoms. The van der Waals surface area contributed by atoms with E-state index in [1.807, 2.05) is 56.3 Å². The largest absolute Gasteiger partial charge is 0.348 e. The molecule has 0 heterocycles. The number of hydrogen-bond acceptors (Lipinski definition) is 3. The first-order valence-corrected chi connectivity index (χ1v) is 10.6. The predicted molar refractivity (Wildman–Crippen MR) is 106 cm³/mol. The quantitative estimate of drug-likeness (QED) is 0.771. The van der Waals surface area contributed by atoms with Gasteiger partial charge in [-0.2, -0.15) is 0 Å². The summed E-state index contributed by atoms with van der Waals surface area (Å²) in [5.41, 5.74) is 2.61. The van der Waals surface area contributed by atoms with Crippen molar-refractivity contribution in [3.05, 3.63) is 65.7 Å². The van der Waals surface area contributed by atoms with E-state index in [1.165, 1.54) is 0 Å². The molecule has 2 aromatic rings. The Morgan fingerprint density at radius 1 is 1.04 bits per heavy atom. The number of benzene rings is 2. The fraction of sp³-hybridized carbons (Fsp3) is 0.350. The number of anilines is 1. The number of nitrogens with zero attached hydrogens (tertiary/aromatic N) is 1. The van der Waals surface area contributed by atoms with Gasteiger partial charge in [0.1, 0.15) is 6.54 Å². The minimum atomic E-state index is -3.57. The third-order valence-electron chi connectivity index (χ3n) is 4.27. The highest BCUT2D eigenvalue weighted by atomic mass is 32.2. The molecule has 0 aromatic heterocycles. The molecule has 1 N–H and O–H groups in total. The molecular formula is C20H26N2O3S. The summed E-state index contributed by atoms with van der Waals surface area (Å²) >= 11 is 0. The third-order valence-corrected chi connectivity index (χ3v) is 5.41. The van der Waals surface area contributed by atoms with Gasteiger partial charge in [-0.15, -0.1) is 0 Å². The van der Waals surface area contributed by atoms with Crippen LogP contribution in [-0.4, -0.2) is 27.1 Å². The molecule has 0 aliphatic carbocycles. The Kier molecular flexibility index (Phi) is 6.80. The van der Waals surface area contributed by atoms with E-state index in [4.69, 9.17) is 0 Å². The van der Waals surface area contributed by atoms with Gasteiger partial charge in [0.05, 0.1) is 18.0 Å². The van der Waals surface area contributed by atoms with Gasteiger partial charge in [0.2, 0.25) is 15.9 Å². The van der Waals surface area contributed by atoms with Crippen molar-refractivity contribution >= 4 is 21.6 Å². The van der Waals surface area contributed by atoms with E-state index in [0.29, 0.717) is 5.69 Å². The van der Waals surface area contributed by atoms with Crippen molar-refractivity contribution in [2.45, 2.75) is 32.7 Å². The van der Waals surface area contributed by atoms with Crippen molar-refractivity contribution in [2.75, 3.05) is 17.1 Å². The molecule has 0 spiro atoms. The molecule has 0 saturated heterocycles. The molecular weight excluding hydrogens is 348 g/mol. The lowest BCUT2D eigenvalue weighted by Gasteiger charge is -2.24. The predicted octanol–water partition coefficient (Wildman–Crippen LogP) is 3.28. The molecule has 2 aromatic carbocycles. The number of amides is 1. The topological polar surface area (TPSA) is 66.5 Å². The summed E-state index contributed by atoms with van der Waals surface area (Å²) in [7, 11) is -3.57. The SMILES string of the molecule is CCc1ccc(N(CC(=O)N[C@H](CC)c2ccccc2)S(C)(=O)=O)cc1. The Hall–Kier alpha value is -2.34. The molecule has 140 valence electrons. The van der Waals surface area contributed by atoms with Crippen molar-refractivity contribution in [3.63, 3.8) is 0 Å². The molecule has 0 fully saturated rings. The van der Waals surface area contributed by atoms with Crippen molar-refractivity contribution in [2.24, 2.45) is 0 Å². The molecule has 0 unspecified atom stereocenters. The molecule has 5 nitrogen and oxygen atoms in total. The summed E-state index contributed by atoms with van der Waals surface area (Å²) in [5, 5.41) is 2.93. The second kappa shape index (κ2) is 8.85. The summed E-state index contributed by atoms with van der Waals surface area (Å²) in [6.45, 7) is 3.77. The van der Waals surface area contributed by atoms with Gasteiger partial charge in [-0.25, -0.2) is 8.42 Å². The summed E-state index contributed by atoms with van der Waals surface area (Å²) in [6, 6.07) is 16.7. The summed E-state index contributed by atoms with van der Waals surface area (Å²) in [6.07, 6.45) is 2.71. The lowest BCUT2D eigenvalue weighted by Crippen LogP contribution is -2.41. The van der Waals surface area contributed by atoms with Gasteiger partial charge in [-0.05, 0) is 36.1 Å². The first-order valence-electron chi connectivity index (χ1n) is 8.76. The molecule has 0 aliphatic rings. The van der Waals surface area contributed by atoms with Gasteiger partial charge in [-0.3, -0.25) is 9.10 Å². The van der Waals surface area contributed by atoms with E-state index in [9.17, 15) is 13.2 Å². The first-order chi connectivity index (χ1) is 12.3. The van der Waals surface area contributed by atoms with Crippen LogP contribution in [0.15, 0.2) is 54.6 Å². The minimum Gasteiger partial charge on any atom is -0.348 e. The van der Waals surface area contributed by atoms with Gasteiger partial charge in [0, 0.05) is 0 Å². The highest BCUT2D eigenvalue weighted by Crippen LogP contribution is 2.20. The normalized spacial score (nSPS) is 12.4. The number of sulfonamides is 1. The van der Waals surface area contributed by atoms with E-state index < -0.39 is 10.0 Å². The van der Waals surface area contributed by atoms with Crippen LogP contribution in [0, 0.1) is 0 Å². The van der Waals surface area contributed by atoms with Crippen molar-refractivity contribution in [1.29, 1.82) is 0 Å². The Bertz CT molecular complexity index is 818. The zero-order chi connectivity index (χ0) is 19.2. The van der Waals surface area contributed by atoms with Crippen LogP contribution in [0.4, 0.5) is 5.69 Å². The molecule has 0 bridgehead atoms. The maximum atomic E-state index is 12.5. The molecule has 0 saturated carbocycles. The van der Waals surface area contributed by atoms with Crippen molar-refractivity contribution in [3.8, 4) is 0 Å².